The minimum atomic E-state index is -3.56. The van der Waals surface area contributed by atoms with Crippen molar-refractivity contribution >= 4 is 39.1 Å². The average Bonchev–Trinajstić information content (AvgIpc) is 2.81. The monoisotopic (exact) mass is 509 g/mol. The molecule has 0 fully saturated rings. The van der Waals surface area contributed by atoms with Crippen molar-refractivity contribution in [3.8, 4) is 5.75 Å². The van der Waals surface area contributed by atoms with Gasteiger partial charge >= 0.3 is 0 Å². The Morgan fingerprint density at radius 2 is 1.76 bits per heavy atom. The topological polar surface area (TPSA) is 96.0 Å². The number of hydrogen-bond donors (Lipinski definition) is 1. The molecule has 0 saturated carbocycles. The van der Waals surface area contributed by atoms with Gasteiger partial charge in [0, 0.05) is 31.6 Å². The first-order chi connectivity index (χ1) is 16.1. The fourth-order valence-corrected chi connectivity index (χ4v) is 4.81. The van der Waals surface area contributed by atoms with Gasteiger partial charge in [-0.25, -0.2) is 8.42 Å². The van der Waals surface area contributed by atoms with Crippen molar-refractivity contribution in [1.82, 2.24) is 10.2 Å². The largest absolute Gasteiger partial charge is 0.497 e. The lowest BCUT2D eigenvalue weighted by Gasteiger charge is -2.31. The van der Waals surface area contributed by atoms with E-state index in [1.165, 1.54) is 23.4 Å². The SMILES string of the molecule is CC[C@@H](C(=O)NC)N(Cc1ccccc1Cl)C(=O)CCCN(c1ccc(OC)cc1)S(C)(=O)=O. The van der Waals surface area contributed by atoms with Crippen LogP contribution in [0.15, 0.2) is 48.5 Å². The van der Waals surface area contributed by atoms with E-state index in [-0.39, 0.29) is 37.7 Å². The van der Waals surface area contributed by atoms with Gasteiger partial charge < -0.3 is 15.0 Å². The molecule has 10 heteroatoms. The Morgan fingerprint density at radius 1 is 1.12 bits per heavy atom. The number of methoxy groups -OCH3 is 1. The summed E-state index contributed by atoms with van der Waals surface area (Å²) in [5, 5.41) is 3.12. The van der Waals surface area contributed by atoms with E-state index in [1.807, 2.05) is 19.1 Å². The first-order valence-corrected chi connectivity index (χ1v) is 13.2. The summed E-state index contributed by atoms with van der Waals surface area (Å²) in [7, 11) is -0.499. The van der Waals surface area contributed by atoms with Crippen LogP contribution in [0.25, 0.3) is 0 Å². The quantitative estimate of drug-likeness (QED) is 0.472. The van der Waals surface area contributed by atoms with Crippen LogP contribution in [-0.4, -0.2) is 58.1 Å². The molecule has 0 spiro atoms. The summed E-state index contributed by atoms with van der Waals surface area (Å²) in [6, 6.07) is 13.2. The van der Waals surface area contributed by atoms with Crippen LogP contribution in [0.3, 0.4) is 0 Å². The molecule has 0 aliphatic heterocycles. The molecule has 2 amide bonds. The zero-order valence-electron chi connectivity index (χ0n) is 20.0. The van der Waals surface area contributed by atoms with Gasteiger partial charge in [-0.05, 0) is 48.7 Å². The number of ether oxygens (including phenoxy) is 1. The second-order valence-corrected chi connectivity index (χ2v) is 10.1. The van der Waals surface area contributed by atoms with E-state index in [2.05, 4.69) is 5.32 Å². The Balaban J connectivity index is 2.19. The fourth-order valence-electron chi connectivity index (χ4n) is 3.65. The molecule has 0 saturated heterocycles. The second kappa shape index (κ2) is 12.6. The maximum absolute atomic E-state index is 13.2. The standard InChI is InChI=1S/C24H32ClN3O5S/c1-5-22(24(30)26-2)27(17-18-9-6-7-10-21(18)25)23(29)11-8-16-28(34(4,31)32)19-12-14-20(33-3)15-13-19/h6-7,9-10,12-15,22H,5,8,11,16-17H2,1-4H3,(H,26,30)/t22-/m0/s1. The maximum Gasteiger partial charge on any atom is 0.242 e. The number of halogens is 1. The molecule has 0 radical (unpaired) electrons. The molecular weight excluding hydrogens is 478 g/mol. The lowest BCUT2D eigenvalue weighted by Crippen LogP contribution is -2.48. The lowest BCUT2D eigenvalue weighted by atomic mass is 10.1. The third-order valence-corrected chi connectivity index (χ3v) is 7.01. The van der Waals surface area contributed by atoms with Gasteiger partial charge in [-0.3, -0.25) is 13.9 Å². The summed E-state index contributed by atoms with van der Waals surface area (Å²) in [5.41, 5.74) is 1.22. The van der Waals surface area contributed by atoms with Crippen molar-refractivity contribution in [3.05, 3.63) is 59.1 Å². The van der Waals surface area contributed by atoms with Crippen LogP contribution < -0.4 is 14.4 Å². The smallest absolute Gasteiger partial charge is 0.242 e. The number of nitrogens with one attached hydrogen (secondary N) is 1. The summed E-state index contributed by atoms with van der Waals surface area (Å²) in [6.45, 7) is 2.13. The molecule has 0 bridgehead atoms. The Morgan fingerprint density at radius 3 is 2.29 bits per heavy atom. The maximum atomic E-state index is 13.2. The van der Waals surface area contributed by atoms with Crippen molar-refractivity contribution in [2.45, 2.75) is 38.8 Å². The number of carbonyl (C=O) groups is 2. The Labute approximate surface area is 206 Å². The molecule has 2 aromatic carbocycles. The molecule has 2 rings (SSSR count). The predicted molar refractivity (Wildman–Crippen MR) is 135 cm³/mol. The average molecular weight is 510 g/mol. The number of carbonyl (C=O) groups excluding carboxylic acids is 2. The molecule has 0 heterocycles. The Bertz CT molecular complexity index is 1080. The zero-order chi connectivity index (χ0) is 25.3. The molecule has 0 aliphatic rings. The van der Waals surface area contributed by atoms with Crippen LogP contribution in [0.2, 0.25) is 5.02 Å². The van der Waals surface area contributed by atoms with E-state index in [1.54, 1.807) is 36.4 Å². The number of amides is 2. The molecular formula is C24H32ClN3O5S. The molecule has 0 aliphatic carbocycles. The van der Waals surface area contributed by atoms with E-state index in [9.17, 15) is 18.0 Å². The molecule has 1 atom stereocenters. The minimum Gasteiger partial charge on any atom is -0.497 e. The number of likely N-dealkylation sites (N-methyl/N-ethyl adjacent to an activating group) is 1. The van der Waals surface area contributed by atoms with Crippen LogP contribution in [0.4, 0.5) is 5.69 Å². The first kappa shape index (κ1) is 27.5. The first-order valence-electron chi connectivity index (χ1n) is 11.0. The minimum absolute atomic E-state index is 0.0696. The highest BCUT2D eigenvalue weighted by Crippen LogP contribution is 2.23. The molecule has 186 valence electrons. The van der Waals surface area contributed by atoms with Gasteiger partial charge in [0.05, 0.1) is 19.1 Å². The van der Waals surface area contributed by atoms with Crippen molar-refractivity contribution in [2.75, 3.05) is 31.3 Å². The van der Waals surface area contributed by atoms with Crippen LogP contribution in [0.5, 0.6) is 5.75 Å². The van der Waals surface area contributed by atoms with Gasteiger partial charge in [0.15, 0.2) is 0 Å². The van der Waals surface area contributed by atoms with E-state index in [0.717, 1.165) is 11.8 Å². The van der Waals surface area contributed by atoms with E-state index in [0.29, 0.717) is 22.9 Å². The number of benzene rings is 2. The predicted octanol–water partition coefficient (Wildman–Crippen LogP) is 3.45. The third-order valence-electron chi connectivity index (χ3n) is 5.44. The van der Waals surface area contributed by atoms with Gasteiger partial charge in [0.25, 0.3) is 0 Å². The number of hydrogen-bond acceptors (Lipinski definition) is 5. The normalized spacial score (nSPS) is 12.0. The highest BCUT2D eigenvalue weighted by Gasteiger charge is 2.28. The fraction of sp³-hybridized carbons (Fsp3) is 0.417. The molecule has 0 aromatic heterocycles. The van der Waals surface area contributed by atoms with Crippen molar-refractivity contribution in [2.24, 2.45) is 0 Å². The summed E-state index contributed by atoms with van der Waals surface area (Å²) in [6.07, 6.45) is 1.90. The summed E-state index contributed by atoms with van der Waals surface area (Å²) in [5.74, 6) is 0.0971. The molecule has 34 heavy (non-hydrogen) atoms. The van der Waals surface area contributed by atoms with Crippen molar-refractivity contribution in [1.29, 1.82) is 0 Å². The Hall–Kier alpha value is -2.78. The number of anilines is 1. The van der Waals surface area contributed by atoms with Gasteiger partial charge in [-0.1, -0.05) is 36.7 Å². The number of rotatable bonds is 12. The van der Waals surface area contributed by atoms with Crippen LogP contribution >= 0.6 is 11.6 Å². The summed E-state index contributed by atoms with van der Waals surface area (Å²) in [4.78, 5) is 27.2. The summed E-state index contributed by atoms with van der Waals surface area (Å²) < 4.78 is 31.2. The molecule has 8 nitrogen and oxygen atoms in total. The second-order valence-electron chi connectivity index (χ2n) is 7.79. The van der Waals surface area contributed by atoms with Gasteiger partial charge in [0.1, 0.15) is 11.8 Å². The number of sulfonamides is 1. The Kier molecular flexibility index (Phi) is 10.2. The third kappa shape index (κ3) is 7.36. The van der Waals surface area contributed by atoms with E-state index < -0.39 is 16.1 Å². The highest BCUT2D eigenvalue weighted by atomic mass is 35.5. The molecule has 0 unspecified atom stereocenters. The van der Waals surface area contributed by atoms with Crippen LogP contribution in [-0.2, 0) is 26.2 Å². The zero-order valence-corrected chi connectivity index (χ0v) is 21.5. The highest BCUT2D eigenvalue weighted by molar-refractivity contribution is 7.92. The van der Waals surface area contributed by atoms with Crippen molar-refractivity contribution < 1.29 is 22.7 Å². The number of nitrogens with zero attached hydrogens (tertiary/aromatic N) is 2. The van der Waals surface area contributed by atoms with Gasteiger partial charge in [-0.2, -0.15) is 0 Å². The van der Waals surface area contributed by atoms with Gasteiger partial charge in [0.2, 0.25) is 21.8 Å². The van der Waals surface area contributed by atoms with Crippen molar-refractivity contribution in [3.63, 3.8) is 0 Å². The van der Waals surface area contributed by atoms with E-state index in [4.69, 9.17) is 16.3 Å². The van der Waals surface area contributed by atoms with Gasteiger partial charge in [-0.15, -0.1) is 0 Å². The lowest BCUT2D eigenvalue weighted by molar-refractivity contribution is -0.141. The van der Waals surface area contributed by atoms with E-state index >= 15 is 0 Å². The summed E-state index contributed by atoms with van der Waals surface area (Å²) >= 11 is 6.30. The van der Waals surface area contributed by atoms with Crippen LogP contribution in [0, 0.1) is 0 Å². The van der Waals surface area contributed by atoms with Crippen LogP contribution in [0.1, 0.15) is 31.7 Å². The molecule has 1 N–H and O–H groups in total. The molecule has 2 aromatic rings.